The van der Waals surface area contributed by atoms with Crippen LogP contribution in [0.1, 0.15) is 86.5 Å². The Morgan fingerprint density at radius 3 is 1.39 bits per heavy atom. The first-order valence-electron chi connectivity index (χ1n) is 20.8. The van der Waals surface area contributed by atoms with E-state index in [2.05, 4.69) is 48.2 Å². The summed E-state index contributed by atoms with van der Waals surface area (Å²) in [6.07, 6.45) is 15.0. The van der Waals surface area contributed by atoms with Gasteiger partial charge in [0.05, 0.1) is 41.7 Å². The third kappa shape index (κ3) is 6.39. The molecule has 8 rings (SSSR count). The zero-order chi connectivity index (χ0) is 39.2. The van der Waals surface area contributed by atoms with Crippen molar-refractivity contribution in [1.29, 1.82) is 0 Å². The number of rotatable bonds is 15. The molecule has 4 aliphatic carbocycles. The van der Waals surface area contributed by atoms with E-state index in [1.54, 1.807) is 28.4 Å². The van der Waals surface area contributed by atoms with E-state index in [4.69, 9.17) is 28.4 Å². The standard InChI is InChI=1S/C46H60N2O8/c1-47-19-17-45-27-35(49)39(53-5)25-31(45)33(47)23-29-13-15-37(51-3)43(41(29)45)55-21-11-9-7-8-10-12-22-56-44-38(52-4)16-14-30-24-34-32-26-40(54-6)36(50)28-46(32,42(30)44)18-20-48(34)2/h13-16,25-26,31-34H,7-12,17-24,27-28H2,1-6H3/t31-,32-,33+,34+,45-,46-/m1/s1. The van der Waals surface area contributed by atoms with Crippen LogP contribution in [-0.4, -0.2) is 102 Å². The Balaban J connectivity index is 0.872. The van der Waals surface area contributed by atoms with Crippen molar-refractivity contribution < 1.29 is 38.0 Å². The lowest BCUT2D eigenvalue weighted by atomic mass is 9.53. The molecule has 2 fully saturated rings. The van der Waals surface area contributed by atoms with Gasteiger partial charge in [0.2, 0.25) is 0 Å². The van der Waals surface area contributed by atoms with E-state index in [0.717, 1.165) is 100 Å². The fourth-order valence-electron chi connectivity index (χ4n) is 11.6. The lowest BCUT2D eigenvalue weighted by Gasteiger charge is -2.56. The molecule has 302 valence electrons. The molecule has 56 heavy (non-hydrogen) atoms. The highest BCUT2D eigenvalue weighted by molar-refractivity contribution is 5.97. The SMILES string of the molecule is COC1=C[C@@H]2[C@@H]3Cc4ccc(OC)c(OCCCCCCCCOc5c(OC)ccc6c5[C@@]57CCN(C)[C@@H](C6)[C@H]5C=C(OC)C(=O)C7)c4[C@]2(CCN3C)CC1=O. The molecule has 6 aliphatic rings. The average Bonchev–Trinajstić information content (AvgIpc) is 3.20. The Hall–Kier alpha value is -4.02. The number of nitrogens with zero attached hydrogens (tertiary/aromatic N) is 2. The molecule has 2 heterocycles. The second-order valence-electron chi connectivity index (χ2n) is 17.1. The number of benzene rings is 2. The van der Waals surface area contributed by atoms with Crippen LogP contribution in [-0.2, 0) is 42.7 Å². The van der Waals surface area contributed by atoms with Crippen LogP contribution in [0, 0.1) is 11.8 Å². The Labute approximate surface area is 332 Å². The summed E-state index contributed by atoms with van der Waals surface area (Å²) in [7, 11) is 11.0. The smallest absolute Gasteiger partial charge is 0.197 e. The van der Waals surface area contributed by atoms with Gasteiger partial charge in [0, 0.05) is 58.7 Å². The summed E-state index contributed by atoms with van der Waals surface area (Å²) in [5.41, 5.74) is 4.28. The van der Waals surface area contributed by atoms with Gasteiger partial charge in [-0.1, -0.05) is 37.8 Å². The first kappa shape index (κ1) is 38.8. The number of carbonyl (C=O) groups excluding carboxylic acids is 2. The molecule has 2 aromatic rings. The normalized spacial score (nSPS) is 29.2. The van der Waals surface area contributed by atoms with Gasteiger partial charge in [-0.2, -0.15) is 0 Å². The minimum absolute atomic E-state index is 0.0734. The van der Waals surface area contributed by atoms with E-state index >= 15 is 0 Å². The van der Waals surface area contributed by atoms with E-state index in [0.29, 0.717) is 49.7 Å². The van der Waals surface area contributed by atoms with Gasteiger partial charge in [-0.15, -0.1) is 0 Å². The molecule has 2 aromatic carbocycles. The van der Waals surface area contributed by atoms with Crippen LogP contribution in [0.3, 0.4) is 0 Å². The zero-order valence-electron chi connectivity index (χ0n) is 34.2. The number of Topliss-reactive ketones (excluding diaryl/α,β-unsaturated/α-hetero) is 2. The van der Waals surface area contributed by atoms with Crippen LogP contribution in [0.15, 0.2) is 47.9 Å². The van der Waals surface area contributed by atoms with E-state index in [-0.39, 0.29) is 34.2 Å². The molecule has 2 aliphatic heterocycles. The molecule has 10 heteroatoms. The second-order valence-corrected chi connectivity index (χ2v) is 17.1. The molecule has 0 radical (unpaired) electrons. The minimum Gasteiger partial charge on any atom is -0.493 e. The molecular weight excluding hydrogens is 709 g/mol. The van der Waals surface area contributed by atoms with E-state index in [1.807, 2.05) is 12.1 Å². The van der Waals surface area contributed by atoms with Crippen molar-refractivity contribution in [1.82, 2.24) is 9.80 Å². The predicted octanol–water partition coefficient (Wildman–Crippen LogP) is 6.74. The molecule has 0 saturated carbocycles. The number of piperidine rings is 2. The van der Waals surface area contributed by atoms with Gasteiger partial charge in [0.15, 0.2) is 46.1 Å². The first-order chi connectivity index (χ1) is 27.2. The quantitative estimate of drug-likeness (QED) is 0.182. The third-order valence-electron chi connectivity index (χ3n) is 14.4. The van der Waals surface area contributed by atoms with Crippen molar-refractivity contribution in [2.45, 2.75) is 100.0 Å². The van der Waals surface area contributed by atoms with Crippen molar-refractivity contribution in [2.24, 2.45) is 11.8 Å². The number of fused-ring (bicyclic) bond motifs is 2. The van der Waals surface area contributed by atoms with Crippen LogP contribution in [0.5, 0.6) is 23.0 Å². The van der Waals surface area contributed by atoms with Gasteiger partial charge in [0.25, 0.3) is 0 Å². The molecule has 0 amide bonds. The molecule has 0 unspecified atom stereocenters. The van der Waals surface area contributed by atoms with Crippen LogP contribution in [0.4, 0.5) is 0 Å². The fraction of sp³-hybridized carbons (Fsp3) is 0.609. The molecule has 0 spiro atoms. The van der Waals surface area contributed by atoms with E-state index in [1.165, 1.54) is 22.3 Å². The predicted molar refractivity (Wildman–Crippen MR) is 214 cm³/mol. The highest BCUT2D eigenvalue weighted by Gasteiger charge is 2.58. The summed E-state index contributed by atoms with van der Waals surface area (Å²) < 4.78 is 36.2. The number of hydrogen-bond acceptors (Lipinski definition) is 10. The lowest BCUT2D eigenvalue weighted by Crippen LogP contribution is -2.60. The first-order valence-corrected chi connectivity index (χ1v) is 20.8. The number of ether oxygens (including phenoxy) is 6. The number of ketones is 2. The minimum atomic E-state index is -0.311. The largest absolute Gasteiger partial charge is 0.493 e. The Bertz CT molecular complexity index is 1770. The third-order valence-corrected chi connectivity index (χ3v) is 14.4. The monoisotopic (exact) mass is 768 g/mol. The summed E-state index contributed by atoms with van der Waals surface area (Å²) >= 11 is 0. The number of methoxy groups -OCH3 is 4. The average molecular weight is 769 g/mol. The van der Waals surface area contributed by atoms with Gasteiger partial charge in [-0.05, 0) is 101 Å². The summed E-state index contributed by atoms with van der Waals surface area (Å²) in [4.78, 5) is 31.6. The topological polar surface area (TPSA) is 96.0 Å². The number of hydrogen-bond donors (Lipinski definition) is 0. The van der Waals surface area contributed by atoms with Crippen LogP contribution < -0.4 is 18.9 Å². The summed E-state index contributed by atoms with van der Waals surface area (Å²) in [6.45, 7) is 3.10. The van der Waals surface area contributed by atoms with E-state index < -0.39 is 0 Å². The van der Waals surface area contributed by atoms with Gasteiger partial charge >= 0.3 is 0 Å². The molecular formula is C46H60N2O8. The van der Waals surface area contributed by atoms with Gasteiger partial charge in [0.1, 0.15) is 0 Å². The van der Waals surface area contributed by atoms with Crippen molar-refractivity contribution >= 4 is 11.6 Å². The van der Waals surface area contributed by atoms with Crippen LogP contribution >= 0.6 is 0 Å². The molecule has 0 N–H and O–H groups in total. The summed E-state index contributed by atoms with van der Waals surface area (Å²) in [6, 6.07) is 9.08. The number of unbranched alkanes of at least 4 members (excludes halogenated alkanes) is 5. The number of likely N-dealkylation sites (tertiary alicyclic amines) is 2. The summed E-state index contributed by atoms with van der Waals surface area (Å²) in [5, 5.41) is 0. The molecule has 10 nitrogen and oxygen atoms in total. The molecule has 0 aromatic heterocycles. The highest BCUT2D eigenvalue weighted by Crippen LogP contribution is 2.59. The van der Waals surface area contributed by atoms with Crippen LogP contribution in [0.25, 0.3) is 0 Å². The maximum absolute atomic E-state index is 13.3. The second kappa shape index (κ2) is 15.7. The van der Waals surface area contributed by atoms with Gasteiger partial charge < -0.3 is 38.2 Å². The Morgan fingerprint density at radius 1 is 0.589 bits per heavy atom. The number of allylic oxidation sites excluding steroid dienone is 2. The van der Waals surface area contributed by atoms with Crippen molar-refractivity contribution in [2.75, 3.05) is 68.8 Å². The van der Waals surface area contributed by atoms with Crippen molar-refractivity contribution in [3.8, 4) is 23.0 Å². The zero-order valence-corrected chi connectivity index (χ0v) is 34.2. The Morgan fingerprint density at radius 2 is 1.00 bits per heavy atom. The number of likely N-dealkylation sites (N-methyl/N-ethyl adjacent to an activating group) is 2. The van der Waals surface area contributed by atoms with Gasteiger partial charge in [-0.3, -0.25) is 9.59 Å². The van der Waals surface area contributed by atoms with Crippen molar-refractivity contribution in [3.05, 3.63) is 70.2 Å². The molecule has 6 atom stereocenters. The summed E-state index contributed by atoms with van der Waals surface area (Å²) in [5.74, 6) is 4.65. The van der Waals surface area contributed by atoms with Gasteiger partial charge in [-0.25, -0.2) is 0 Å². The highest BCUT2D eigenvalue weighted by atomic mass is 16.5. The van der Waals surface area contributed by atoms with Crippen molar-refractivity contribution in [3.63, 3.8) is 0 Å². The van der Waals surface area contributed by atoms with Crippen LogP contribution in [0.2, 0.25) is 0 Å². The molecule has 2 saturated heterocycles. The fourth-order valence-corrected chi connectivity index (χ4v) is 11.6. The number of carbonyl (C=O) groups is 2. The Kier molecular flexibility index (Phi) is 10.9. The molecule has 4 bridgehead atoms. The maximum atomic E-state index is 13.3. The van der Waals surface area contributed by atoms with E-state index in [9.17, 15) is 9.59 Å². The lowest BCUT2D eigenvalue weighted by molar-refractivity contribution is -0.123. The maximum Gasteiger partial charge on any atom is 0.197 e.